The zero-order chi connectivity index (χ0) is 12.4. The summed E-state index contributed by atoms with van der Waals surface area (Å²) in [5.41, 5.74) is 7.56. The molecule has 2 aromatic carbocycles. The predicted octanol–water partition coefficient (Wildman–Crippen LogP) is 3.66. The minimum atomic E-state index is -0.803. The Kier molecular flexibility index (Phi) is 3.57. The van der Waals surface area contributed by atoms with Crippen LogP contribution >= 0.6 is 23.2 Å². The lowest BCUT2D eigenvalue weighted by atomic mass is 10.0. The minimum Gasteiger partial charge on any atom is -0.399 e. The summed E-state index contributed by atoms with van der Waals surface area (Å²) in [7, 11) is 0. The highest BCUT2D eigenvalue weighted by Gasteiger charge is 2.14. The number of nitrogen functional groups attached to an aromatic ring is 1. The van der Waals surface area contributed by atoms with Crippen LogP contribution in [0.3, 0.4) is 0 Å². The number of benzene rings is 2. The highest BCUT2D eigenvalue weighted by molar-refractivity contribution is 6.31. The van der Waals surface area contributed by atoms with Crippen LogP contribution in [0.15, 0.2) is 42.5 Å². The molecule has 0 aromatic heterocycles. The lowest BCUT2D eigenvalue weighted by molar-refractivity contribution is 0.220. The lowest BCUT2D eigenvalue weighted by Crippen LogP contribution is -2.01. The molecule has 17 heavy (non-hydrogen) atoms. The molecular weight excluding hydrogens is 257 g/mol. The first kappa shape index (κ1) is 12.2. The Morgan fingerprint density at radius 3 is 2.29 bits per heavy atom. The van der Waals surface area contributed by atoms with Crippen molar-refractivity contribution in [1.82, 2.24) is 0 Å². The van der Waals surface area contributed by atoms with E-state index < -0.39 is 6.10 Å². The summed E-state index contributed by atoms with van der Waals surface area (Å²) in [4.78, 5) is 0. The van der Waals surface area contributed by atoms with Gasteiger partial charge in [-0.05, 0) is 35.9 Å². The van der Waals surface area contributed by atoms with Crippen molar-refractivity contribution in [2.24, 2.45) is 0 Å². The van der Waals surface area contributed by atoms with Gasteiger partial charge in [0.1, 0.15) is 6.10 Å². The fraction of sp³-hybridized carbons (Fsp3) is 0.0769. The SMILES string of the molecule is Nc1ccc(Cl)c([C@H](O)c2ccc(Cl)cc2)c1. The van der Waals surface area contributed by atoms with E-state index in [0.717, 1.165) is 5.56 Å². The molecule has 0 amide bonds. The van der Waals surface area contributed by atoms with Crippen molar-refractivity contribution < 1.29 is 5.11 Å². The third-order valence-corrected chi connectivity index (χ3v) is 3.10. The molecule has 2 aromatic rings. The molecule has 2 nitrogen and oxygen atoms in total. The second-order valence-electron chi connectivity index (χ2n) is 3.74. The summed E-state index contributed by atoms with van der Waals surface area (Å²) in [5.74, 6) is 0. The first-order valence-corrected chi connectivity index (χ1v) is 5.82. The van der Waals surface area contributed by atoms with E-state index in [1.165, 1.54) is 0 Å². The predicted molar refractivity (Wildman–Crippen MR) is 71.4 cm³/mol. The third-order valence-electron chi connectivity index (χ3n) is 2.50. The molecular formula is C13H11Cl2NO. The van der Waals surface area contributed by atoms with Gasteiger partial charge in [0.05, 0.1) is 0 Å². The normalized spacial score (nSPS) is 12.4. The van der Waals surface area contributed by atoms with Gasteiger partial charge < -0.3 is 10.8 Å². The van der Waals surface area contributed by atoms with E-state index >= 15 is 0 Å². The summed E-state index contributed by atoms with van der Waals surface area (Å²) < 4.78 is 0. The van der Waals surface area contributed by atoms with E-state index in [4.69, 9.17) is 28.9 Å². The van der Waals surface area contributed by atoms with Crippen molar-refractivity contribution in [3.63, 3.8) is 0 Å². The summed E-state index contributed by atoms with van der Waals surface area (Å²) in [5, 5.41) is 11.3. The molecule has 0 unspecified atom stereocenters. The number of halogens is 2. The Labute approximate surface area is 110 Å². The molecule has 88 valence electrons. The van der Waals surface area contributed by atoms with Crippen molar-refractivity contribution in [1.29, 1.82) is 0 Å². The molecule has 0 aliphatic carbocycles. The van der Waals surface area contributed by atoms with Crippen molar-refractivity contribution in [2.75, 3.05) is 5.73 Å². The molecule has 0 aliphatic heterocycles. The fourth-order valence-corrected chi connectivity index (χ4v) is 1.94. The minimum absolute atomic E-state index is 0.488. The zero-order valence-corrected chi connectivity index (χ0v) is 10.4. The third kappa shape index (κ3) is 2.72. The van der Waals surface area contributed by atoms with Crippen molar-refractivity contribution in [3.05, 3.63) is 63.6 Å². The fourth-order valence-electron chi connectivity index (χ4n) is 1.60. The molecule has 0 bridgehead atoms. The molecule has 0 heterocycles. The van der Waals surface area contributed by atoms with Crippen LogP contribution in [-0.4, -0.2) is 5.11 Å². The Balaban J connectivity index is 2.39. The van der Waals surface area contributed by atoms with Crippen molar-refractivity contribution in [3.8, 4) is 0 Å². The van der Waals surface area contributed by atoms with Gasteiger partial charge in [0, 0.05) is 21.3 Å². The Hall–Kier alpha value is -1.22. The molecule has 3 N–H and O–H groups in total. The number of anilines is 1. The lowest BCUT2D eigenvalue weighted by Gasteiger charge is -2.13. The number of nitrogens with two attached hydrogens (primary N) is 1. The second kappa shape index (κ2) is 4.96. The van der Waals surface area contributed by atoms with Gasteiger partial charge in [0.15, 0.2) is 0 Å². The van der Waals surface area contributed by atoms with Crippen molar-refractivity contribution in [2.45, 2.75) is 6.10 Å². The maximum atomic E-state index is 10.2. The highest BCUT2D eigenvalue weighted by atomic mass is 35.5. The molecule has 0 aliphatic rings. The van der Waals surface area contributed by atoms with E-state index in [-0.39, 0.29) is 0 Å². The molecule has 0 spiro atoms. The van der Waals surface area contributed by atoms with Gasteiger partial charge >= 0.3 is 0 Å². The molecule has 4 heteroatoms. The number of rotatable bonds is 2. The largest absolute Gasteiger partial charge is 0.399 e. The average molecular weight is 268 g/mol. The Morgan fingerprint density at radius 1 is 1.00 bits per heavy atom. The standard InChI is InChI=1S/C13H11Cl2NO/c14-9-3-1-8(2-4-9)13(17)11-7-10(16)5-6-12(11)15/h1-7,13,17H,16H2/t13-/m1/s1. The van der Waals surface area contributed by atoms with Gasteiger partial charge in [-0.25, -0.2) is 0 Å². The van der Waals surface area contributed by atoms with Crippen LogP contribution in [0.2, 0.25) is 10.0 Å². The van der Waals surface area contributed by atoms with Crippen LogP contribution in [0.1, 0.15) is 17.2 Å². The first-order chi connectivity index (χ1) is 8.08. The maximum Gasteiger partial charge on any atom is 0.106 e. The quantitative estimate of drug-likeness (QED) is 0.816. The summed E-state index contributed by atoms with van der Waals surface area (Å²) in [6.07, 6.45) is -0.803. The summed E-state index contributed by atoms with van der Waals surface area (Å²) in [6.45, 7) is 0. The molecule has 2 rings (SSSR count). The van der Waals surface area contributed by atoms with E-state index in [9.17, 15) is 5.11 Å². The average Bonchev–Trinajstić information content (AvgIpc) is 2.32. The molecule has 0 saturated carbocycles. The van der Waals surface area contributed by atoms with Crippen LogP contribution in [0.5, 0.6) is 0 Å². The highest BCUT2D eigenvalue weighted by Crippen LogP contribution is 2.30. The van der Waals surface area contributed by atoms with E-state index in [1.54, 1.807) is 42.5 Å². The molecule has 0 fully saturated rings. The maximum absolute atomic E-state index is 10.2. The van der Waals surface area contributed by atoms with Crippen LogP contribution in [-0.2, 0) is 0 Å². The molecule has 0 saturated heterocycles. The topological polar surface area (TPSA) is 46.2 Å². The van der Waals surface area contributed by atoms with Gasteiger partial charge in [-0.2, -0.15) is 0 Å². The summed E-state index contributed by atoms with van der Waals surface area (Å²) in [6, 6.07) is 12.0. The number of aliphatic hydroxyl groups excluding tert-OH is 1. The van der Waals surface area contributed by atoms with Gasteiger partial charge in [-0.1, -0.05) is 35.3 Å². The van der Waals surface area contributed by atoms with E-state index in [2.05, 4.69) is 0 Å². The molecule has 1 atom stereocenters. The first-order valence-electron chi connectivity index (χ1n) is 5.06. The number of hydrogen-bond acceptors (Lipinski definition) is 2. The van der Waals surface area contributed by atoms with Crippen LogP contribution in [0.4, 0.5) is 5.69 Å². The van der Waals surface area contributed by atoms with Gasteiger partial charge in [-0.15, -0.1) is 0 Å². The Bertz CT molecular complexity index is 525. The van der Waals surface area contributed by atoms with Gasteiger partial charge in [-0.3, -0.25) is 0 Å². The van der Waals surface area contributed by atoms with Crippen LogP contribution in [0.25, 0.3) is 0 Å². The van der Waals surface area contributed by atoms with Crippen LogP contribution in [0, 0.1) is 0 Å². The van der Waals surface area contributed by atoms with Crippen molar-refractivity contribution >= 4 is 28.9 Å². The van der Waals surface area contributed by atoms with Gasteiger partial charge in [0.25, 0.3) is 0 Å². The number of aliphatic hydroxyl groups is 1. The smallest absolute Gasteiger partial charge is 0.106 e. The number of hydrogen-bond donors (Lipinski definition) is 2. The zero-order valence-electron chi connectivity index (χ0n) is 8.90. The molecule has 0 radical (unpaired) electrons. The van der Waals surface area contributed by atoms with E-state index in [0.29, 0.717) is 21.3 Å². The monoisotopic (exact) mass is 267 g/mol. The Morgan fingerprint density at radius 2 is 1.65 bits per heavy atom. The van der Waals surface area contributed by atoms with Crippen LogP contribution < -0.4 is 5.73 Å². The second-order valence-corrected chi connectivity index (χ2v) is 4.58. The van der Waals surface area contributed by atoms with E-state index in [1.807, 2.05) is 0 Å². The summed E-state index contributed by atoms with van der Waals surface area (Å²) >= 11 is 11.8. The van der Waals surface area contributed by atoms with Gasteiger partial charge in [0.2, 0.25) is 0 Å².